The lowest BCUT2D eigenvalue weighted by Gasteiger charge is -2.37. The minimum atomic E-state index is -4.48. The van der Waals surface area contributed by atoms with Crippen LogP contribution in [0, 0.1) is 51.4 Å². The molecule has 15 rings (SSSR count). The summed E-state index contributed by atoms with van der Waals surface area (Å²) in [6.45, 7) is 5.03. The number of fused-ring (bicyclic) bond motifs is 3. The number of pyridine rings is 3. The van der Waals surface area contributed by atoms with Crippen molar-refractivity contribution in [3.05, 3.63) is 304 Å². The molecule has 12 aromatic rings. The zero-order chi connectivity index (χ0) is 74.3. The molecule has 0 radical (unpaired) electrons. The van der Waals surface area contributed by atoms with Gasteiger partial charge in [-0.25, -0.2) is 13.2 Å². The topological polar surface area (TPSA) is 221 Å². The summed E-state index contributed by atoms with van der Waals surface area (Å²) in [5, 5.41) is 33.8. The second-order valence-electron chi connectivity index (χ2n) is 25.1. The fourth-order valence-corrected chi connectivity index (χ4v) is 14.3. The van der Waals surface area contributed by atoms with E-state index in [4.69, 9.17) is 4.42 Å². The van der Waals surface area contributed by atoms with Gasteiger partial charge in [-0.1, -0.05) is 84.9 Å². The highest BCUT2D eigenvalue weighted by Crippen LogP contribution is 2.36. The summed E-state index contributed by atoms with van der Waals surface area (Å²) in [4.78, 5) is 90.2. The number of nitrogens with zero attached hydrogens (tertiary/aromatic N) is 12. The van der Waals surface area contributed by atoms with Crippen LogP contribution in [0.25, 0.3) is 38.4 Å². The van der Waals surface area contributed by atoms with Crippen molar-refractivity contribution in [2.75, 3.05) is 93.2 Å². The maximum absolute atomic E-state index is 14.4. The Kier molecular flexibility index (Phi) is 20.8. The number of amides is 3. The van der Waals surface area contributed by atoms with Crippen molar-refractivity contribution in [3.63, 3.8) is 0 Å². The van der Waals surface area contributed by atoms with E-state index in [0.29, 0.717) is 115 Å². The largest absolute Gasteiger partial charge is 0.459 e. The molecular weight excluding hydrogens is 1390 g/mol. The lowest BCUT2D eigenvalue weighted by atomic mass is 10.1. The molecule has 19 nitrogen and oxygen atoms in total. The second-order valence-corrected chi connectivity index (χ2v) is 26.0. The van der Waals surface area contributed by atoms with E-state index in [1.165, 1.54) is 81.3 Å². The van der Waals surface area contributed by atoms with Crippen LogP contribution in [0.4, 0.5) is 43.4 Å². The van der Waals surface area contributed by atoms with Crippen LogP contribution >= 0.6 is 11.3 Å². The van der Waals surface area contributed by atoms with Crippen molar-refractivity contribution in [1.29, 1.82) is 15.8 Å². The summed E-state index contributed by atoms with van der Waals surface area (Å²) in [7, 11) is 0. The summed E-state index contributed by atoms with van der Waals surface area (Å²) >= 11 is 1.44. The number of aromatic nitrogens is 3. The van der Waals surface area contributed by atoms with Crippen LogP contribution in [0.15, 0.2) is 225 Å². The smallest absolute Gasteiger partial charge is 0.416 e. The number of rotatable bonds is 11. The van der Waals surface area contributed by atoms with E-state index in [9.17, 15) is 70.9 Å². The molecule has 0 N–H and O–H groups in total. The molecular formula is C80H62F6N12O7S. The Labute approximate surface area is 605 Å². The van der Waals surface area contributed by atoms with Crippen molar-refractivity contribution in [1.82, 2.24) is 28.4 Å². The molecule has 532 valence electrons. The highest BCUT2D eigenvalue weighted by atomic mass is 32.1. The molecule has 8 heterocycles. The van der Waals surface area contributed by atoms with Gasteiger partial charge < -0.3 is 43.0 Å². The molecule has 7 aromatic carbocycles. The van der Waals surface area contributed by atoms with Crippen LogP contribution < -0.4 is 31.4 Å². The van der Waals surface area contributed by atoms with Crippen molar-refractivity contribution >= 4 is 78.8 Å². The number of furan rings is 1. The molecule has 3 aliphatic heterocycles. The zero-order valence-electron chi connectivity index (χ0n) is 56.4. The Morgan fingerprint density at radius 1 is 0.434 bits per heavy atom. The zero-order valence-corrected chi connectivity index (χ0v) is 57.2. The van der Waals surface area contributed by atoms with Crippen LogP contribution in [0.5, 0.6) is 0 Å². The molecule has 0 bridgehead atoms. The van der Waals surface area contributed by atoms with E-state index in [1.807, 2.05) is 105 Å². The van der Waals surface area contributed by atoms with Crippen LogP contribution in [-0.2, 0) is 19.3 Å². The third-order valence-electron chi connectivity index (χ3n) is 18.8. The molecule has 3 amide bonds. The first-order chi connectivity index (χ1) is 51.3. The Bertz CT molecular complexity index is 5610. The first-order valence-electron chi connectivity index (χ1n) is 33.6. The first kappa shape index (κ1) is 71.4. The molecule has 3 aliphatic rings. The fraction of sp³-hybridized carbons (Fsp3) is 0.188. The van der Waals surface area contributed by atoms with Gasteiger partial charge in [0.15, 0.2) is 5.76 Å². The van der Waals surface area contributed by atoms with E-state index < -0.39 is 34.5 Å². The third-order valence-corrected chi connectivity index (χ3v) is 19.7. The normalized spacial score (nSPS) is 13.8. The predicted octanol–water partition coefficient (Wildman–Crippen LogP) is 12.7. The third kappa shape index (κ3) is 14.7. The molecule has 0 aliphatic carbocycles. The van der Waals surface area contributed by atoms with Crippen molar-refractivity contribution in [2.45, 2.75) is 19.3 Å². The number of halogens is 6. The number of hydrogen-bond acceptors (Lipinski definition) is 14. The van der Waals surface area contributed by atoms with Crippen molar-refractivity contribution in [2.24, 2.45) is 0 Å². The maximum atomic E-state index is 14.4. The van der Waals surface area contributed by atoms with Crippen LogP contribution in [0.2, 0.25) is 0 Å². The highest BCUT2D eigenvalue weighted by molar-refractivity contribution is 7.12. The monoisotopic (exact) mass is 1450 g/mol. The fourth-order valence-electron chi connectivity index (χ4n) is 13.6. The van der Waals surface area contributed by atoms with Gasteiger partial charge in [-0.15, -0.1) is 11.3 Å². The van der Waals surface area contributed by atoms with Gasteiger partial charge in [0.1, 0.15) is 52.3 Å². The quantitative estimate of drug-likeness (QED) is 0.110. The van der Waals surface area contributed by atoms with Gasteiger partial charge in [0.2, 0.25) is 0 Å². The predicted molar refractivity (Wildman–Crippen MR) is 390 cm³/mol. The van der Waals surface area contributed by atoms with E-state index in [-0.39, 0.29) is 83.3 Å². The molecule has 0 spiro atoms. The first-order valence-corrected chi connectivity index (χ1v) is 34.5. The number of piperazine rings is 3. The lowest BCUT2D eigenvalue weighted by molar-refractivity contribution is -0.137. The van der Waals surface area contributed by atoms with Crippen molar-refractivity contribution in [3.8, 4) is 23.9 Å². The SMILES string of the molecule is N#Cc1c(N2CCN(C(=O)c3ccc(C(F)(F)F)cc3)CC2)c2ccccc2n(Cc2ccc(F)cc2)c1=O.N#Cc1c(N2CCN(C(=O)c3ccco3)CC2)c2cc(F)ccc2n(Cc2ccc(F)cc2)c1=O.N#Cc1c(N2CCN(C(=O)c3cccs3)CC2)c2ccccc2n(-c2ccccc2)c1=O. The molecule has 0 saturated carbocycles. The molecule has 3 fully saturated rings. The number of nitriles is 3. The Hall–Kier alpha value is -13.0. The number of benzene rings is 7. The van der Waals surface area contributed by atoms with Crippen LogP contribution in [-0.4, -0.2) is 125 Å². The standard InChI is InChI=1S/C29H22F4N4O2.C26H20F2N4O3.C25H20N4O2S/c30-22-11-5-19(6-12-22)18-37-25-4-2-1-3-23(25)26(24(17-34)28(37)39)35-13-15-36(16-14-35)27(38)20-7-9-21(10-8-20)29(31,32)33;27-18-5-3-17(4-6-18)16-32-22-8-7-19(28)14-20(22)24(21(15-29)25(32)33)30-9-11-31(12-10-30)26(34)23-2-1-13-35-23;26-17-20-23(27-12-14-28(15-13-27)25(31)22-11-6-16-32-22)19-9-4-5-10-21(19)29(24(20)30)18-7-2-1-3-8-18/h1-12H,13-16,18H2;1-8,13-14H,9-12,16H2;1-11,16H,12-15H2. The number of alkyl halides is 3. The van der Waals surface area contributed by atoms with E-state index in [2.05, 4.69) is 17.0 Å². The molecule has 26 heteroatoms. The number of anilines is 3. The molecule has 0 atom stereocenters. The van der Waals surface area contributed by atoms with Gasteiger partial charge >= 0.3 is 6.18 Å². The lowest BCUT2D eigenvalue weighted by Crippen LogP contribution is -2.49. The maximum Gasteiger partial charge on any atom is 0.416 e. The number of thiophene rings is 1. The summed E-state index contributed by atoms with van der Waals surface area (Å²) in [5.41, 5.74) is 3.44. The summed E-state index contributed by atoms with van der Waals surface area (Å²) < 4.78 is 89.4. The number of para-hydroxylation sites is 3. The Morgan fingerprint density at radius 2 is 0.877 bits per heavy atom. The van der Waals surface area contributed by atoms with E-state index in [0.717, 1.165) is 33.6 Å². The average Bonchev–Trinajstić information content (AvgIpc) is 0.775. The van der Waals surface area contributed by atoms with E-state index >= 15 is 0 Å². The Morgan fingerprint density at radius 3 is 1.36 bits per heavy atom. The average molecular weight is 1450 g/mol. The van der Waals surface area contributed by atoms with Crippen LogP contribution in [0.1, 0.15) is 64.0 Å². The minimum Gasteiger partial charge on any atom is -0.459 e. The van der Waals surface area contributed by atoms with Gasteiger partial charge in [-0.2, -0.15) is 29.0 Å². The number of carbonyl (C=O) groups is 3. The molecule has 106 heavy (non-hydrogen) atoms. The van der Waals surface area contributed by atoms with Gasteiger partial charge in [-0.05, 0) is 126 Å². The van der Waals surface area contributed by atoms with Gasteiger partial charge in [-0.3, -0.25) is 33.3 Å². The summed E-state index contributed by atoms with van der Waals surface area (Å²) in [6.07, 6.45) is -3.05. The van der Waals surface area contributed by atoms with Gasteiger partial charge in [0.05, 0.1) is 63.4 Å². The van der Waals surface area contributed by atoms with Crippen molar-refractivity contribution < 1.29 is 45.1 Å². The van der Waals surface area contributed by atoms with Gasteiger partial charge in [0.25, 0.3) is 34.4 Å². The molecule has 0 unspecified atom stereocenters. The number of hydrogen-bond donors (Lipinski definition) is 0. The summed E-state index contributed by atoms with van der Waals surface area (Å²) in [5.74, 6) is -1.63. The molecule has 3 saturated heterocycles. The van der Waals surface area contributed by atoms with Gasteiger partial charge in [0, 0.05) is 106 Å². The minimum absolute atomic E-state index is 0.0293. The Balaban J connectivity index is 0.000000141. The summed E-state index contributed by atoms with van der Waals surface area (Å²) in [6, 6.07) is 57.2. The molecule has 5 aromatic heterocycles. The second kappa shape index (κ2) is 30.9. The van der Waals surface area contributed by atoms with E-state index in [1.54, 1.807) is 62.9 Å². The van der Waals surface area contributed by atoms with Crippen LogP contribution in [0.3, 0.4) is 0 Å². The highest BCUT2D eigenvalue weighted by Gasteiger charge is 2.34. The number of carbonyl (C=O) groups excluding carboxylic acids is 3.